The molecule has 2 heterocycles. The van der Waals surface area contributed by atoms with Gasteiger partial charge in [-0.1, -0.05) is 30.3 Å². The minimum absolute atomic E-state index is 0.214. The summed E-state index contributed by atoms with van der Waals surface area (Å²) < 4.78 is 11.5. The first-order chi connectivity index (χ1) is 15.1. The summed E-state index contributed by atoms with van der Waals surface area (Å²) >= 11 is 0. The van der Waals surface area contributed by atoms with E-state index in [2.05, 4.69) is 25.6 Å². The third-order valence-electron chi connectivity index (χ3n) is 4.48. The molecule has 1 unspecified atom stereocenters. The van der Waals surface area contributed by atoms with Crippen LogP contribution in [0, 0.1) is 0 Å². The van der Waals surface area contributed by atoms with Gasteiger partial charge in [0.15, 0.2) is 0 Å². The van der Waals surface area contributed by atoms with Gasteiger partial charge in [-0.2, -0.15) is 0 Å². The van der Waals surface area contributed by atoms with Crippen LogP contribution in [0.15, 0.2) is 90.2 Å². The van der Waals surface area contributed by atoms with Gasteiger partial charge in [-0.25, -0.2) is 9.97 Å². The number of carbonyl (C=O) groups is 1. The van der Waals surface area contributed by atoms with Crippen molar-refractivity contribution in [3.05, 3.63) is 91.0 Å². The quantitative estimate of drug-likeness (QED) is 0.475. The molecular formula is C23H19N5O2S. The van der Waals surface area contributed by atoms with E-state index in [9.17, 15) is 9.00 Å². The molecule has 0 bridgehead atoms. The molecule has 31 heavy (non-hydrogen) atoms. The Morgan fingerprint density at radius 3 is 2.45 bits per heavy atom. The van der Waals surface area contributed by atoms with Gasteiger partial charge in [0, 0.05) is 45.6 Å². The van der Waals surface area contributed by atoms with E-state index in [0.717, 1.165) is 21.7 Å². The maximum Gasteiger partial charge on any atom is 0.274 e. The molecule has 2 aromatic carbocycles. The summed E-state index contributed by atoms with van der Waals surface area (Å²) in [7, 11) is -1.05. The molecular weight excluding hydrogens is 410 g/mol. The normalized spacial score (nSPS) is 11.5. The predicted octanol–water partition coefficient (Wildman–Crippen LogP) is 4.27. The van der Waals surface area contributed by atoms with Crippen molar-refractivity contribution < 1.29 is 9.00 Å². The Balaban J connectivity index is 1.52. The molecule has 0 saturated carbocycles. The molecule has 0 radical (unpaired) electrons. The second-order valence-electron chi connectivity index (χ2n) is 6.61. The molecule has 0 aliphatic heterocycles. The molecule has 4 aromatic rings. The SMILES string of the molecule is CS(=O)c1ccc(Nc2nccc(C(=O)Nc3cnccc3-c3ccccc3)n2)cc1. The number of rotatable bonds is 6. The lowest BCUT2D eigenvalue weighted by Crippen LogP contribution is -2.15. The Labute approximate surface area is 182 Å². The van der Waals surface area contributed by atoms with Crippen LogP contribution < -0.4 is 10.6 Å². The second kappa shape index (κ2) is 9.27. The number of benzene rings is 2. The highest BCUT2D eigenvalue weighted by Gasteiger charge is 2.13. The molecule has 0 spiro atoms. The van der Waals surface area contributed by atoms with Crippen molar-refractivity contribution in [3.8, 4) is 11.1 Å². The molecule has 1 atom stereocenters. The Kier molecular flexibility index (Phi) is 6.09. The number of amides is 1. The van der Waals surface area contributed by atoms with Gasteiger partial charge in [-0.05, 0) is 42.0 Å². The van der Waals surface area contributed by atoms with Crippen LogP contribution in [0.25, 0.3) is 11.1 Å². The van der Waals surface area contributed by atoms with Crippen LogP contribution in [0.5, 0.6) is 0 Å². The van der Waals surface area contributed by atoms with Crippen molar-refractivity contribution in [2.24, 2.45) is 0 Å². The van der Waals surface area contributed by atoms with Gasteiger partial charge >= 0.3 is 0 Å². The standard InChI is InChI=1S/C23H19N5O2S/c1-31(30)18-9-7-17(8-10-18)26-23-25-14-12-20(28-23)22(29)27-21-15-24-13-11-19(21)16-5-3-2-4-6-16/h2-15H,1H3,(H,27,29)(H,25,26,28). The van der Waals surface area contributed by atoms with Crippen molar-refractivity contribution >= 4 is 34.0 Å². The Hall–Kier alpha value is -3.91. The molecule has 8 heteroatoms. The summed E-state index contributed by atoms with van der Waals surface area (Å²) in [4.78, 5) is 26.2. The van der Waals surface area contributed by atoms with E-state index in [1.807, 2.05) is 36.4 Å². The molecule has 7 nitrogen and oxygen atoms in total. The topological polar surface area (TPSA) is 96.9 Å². The number of carbonyl (C=O) groups excluding carboxylic acids is 1. The summed E-state index contributed by atoms with van der Waals surface area (Å²) in [6.07, 6.45) is 6.43. The van der Waals surface area contributed by atoms with Gasteiger partial charge in [-0.15, -0.1) is 0 Å². The third-order valence-corrected chi connectivity index (χ3v) is 5.42. The van der Waals surface area contributed by atoms with Gasteiger partial charge < -0.3 is 10.6 Å². The van der Waals surface area contributed by atoms with E-state index < -0.39 is 10.8 Å². The van der Waals surface area contributed by atoms with Crippen LogP contribution in [0.2, 0.25) is 0 Å². The number of aromatic nitrogens is 3. The molecule has 0 fully saturated rings. The minimum Gasteiger partial charge on any atom is -0.324 e. The second-order valence-corrected chi connectivity index (χ2v) is 7.99. The van der Waals surface area contributed by atoms with E-state index >= 15 is 0 Å². The molecule has 2 aromatic heterocycles. The predicted molar refractivity (Wildman–Crippen MR) is 122 cm³/mol. The number of hydrogen-bond donors (Lipinski definition) is 2. The summed E-state index contributed by atoms with van der Waals surface area (Å²) in [5, 5.41) is 5.94. The van der Waals surface area contributed by atoms with E-state index in [1.165, 1.54) is 6.20 Å². The maximum absolute atomic E-state index is 12.8. The lowest BCUT2D eigenvalue weighted by Gasteiger charge is -2.11. The number of nitrogens with zero attached hydrogens (tertiary/aromatic N) is 3. The zero-order chi connectivity index (χ0) is 21.6. The van der Waals surface area contributed by atoms with Crippen LogP contribution in [0.1, 0.15) is 10.5 Å². The first kappa shape index (κ1) is 20.4. The van der Waals surface area contributed by atoms with Gasteiger partial charge in [0.1, 0.15) is 5.69 Å². The van der Waals surface area contributed by atoms with E-state index in [4.69, 9.17) is 0 Å². The van der Waals surface area contributed by atoms with Crippen molar-refractivity contribution in [2.75, 3.05) is 16.9 Å². The van der Waals surface area contributed by atoms with Crippen LogP contribution >= 0.6 is 0 Å². The first-order valence-corrected chi connectivity index (χ1v) is 11.0. The largest absolute Gasteiger partial charge is 0.324 e. The van der Waals surface area contributed by atoms with Gasteiger partial charge in [-0.3, -0.25) is 14.0 Å². The zero-order valence-corrected chi connectivity index (χ0v) is 17.5. The van der Waals surface area contributed by atoms with Crippen LogP contribution in [0.3, 0.4) is 0 Å². The Morgan fingerprint density at radius 1 is 0.935 bits per heavy atom. The molecule has 4 rings (SSSR count). The van der Waals surface area contributed by atoms with Crippen LogP contribution in [0.4, 0.5) is 17.3 Å². The van der Waals surface area contributed by atoms with Gasteiger partial charge in [0.05, 0.1) is 11.9 Å². The van der Waals surface area contributed by atoms with Crippen molar-refractivity contribution in [2.45, 2.75) is 4.90 Å². The first-order valence-electron chi connectivity index (χ1n) is 9.44. The highest BCUT2D eigenvalue weighted by atomic mass is 32.2. The number of anilines is 3. The van der Waals surface area contributed by atoms with Crippen molar-refractivity contribution in [1.82, 2.24) is 15.0 Å². The molecule has 0 saturated heterocycles. The smallest absolute Gasteiger partial charge is 0.274 e. The highest BCUT2D eigenvalue weighted by molar-refractivity contribution is 7.84. The van der Waals surface area contributed by atoms with Gasteiger partial charge in [0.2, 0.25) is 5.95 Å². The number of nitrogens with one attached hydrogen (secondary N) is 2. The Morgan fingerprint density at radius 2 is 1.71 bits per heavy atom. The monoisotopic (exact) mass is 429 g/mol. The highest BCUT2D eigenvalue weighted by Crippen LogP contribution is 2.27. The molecule has 1 amide bonds. The fraction of sp³-hybridized carbons (Fsp3) is 0.0435. The molecule has 154 valence electrons. The summed E-state index contributed by atoms with van der Waals surface area (Å²) in [5.74, 6) is -0.0835. The van der Waals surface area contributed by atoms with Crippen molar-refractivity contribution in [1.29, 1.82) is 0 Å². The minimum atomic E-state index is -1.05. The van der Waals surface area contributed by atoms with Crippen molar-refractivity contribution in [3.63, 3.8) is 0 Å². The zero-order valence-electron chi connectivity index (χ0n) is 16.6. The summed E-state index contributed by atoms with van der Waals surface area (Å²) in [6, 6.07) is 20.3. The van der Waals surface area contributed by atoms with E-state index in [1.54, 1.807) is 49.0 Å². The maximum atomic E-state index is 12.8. The van der Waals surface area contributed by atoms with E-state index in [0.29, 0.717) is 5.69 Å². The lowest BCUT2D eigenvalue weighted by atomic mass is 10.1. The molecule has 2 N–H and O–H groups in total. The number of hydrogen-bond acceptors (Lipinski definition) is 6. The fourth-order valence-electron chi connectivity index (χ4n) is 2.95. The average Bonchev–Trinajstić information content (AvgIpc) is 2.80. The third kappa shape index (κ3) is 4.99. The Bertz CT molecular complexity index is 1230. The van der Waals surface area contributed by atoms with E-state index in [-0.39, 0.29) is 17.5 Å². The van der Waals surface area contributed by atoms with Crippen LogP contribution in [-0.2, 0) is 10.8 Å². The summed E-state index contributed by atoms with van der Waals surface area (Å²) in [6.45, 7) is 0. The molecule has 0 aliphatic carbocycles. The lowest BCUT2D eigenvalue weighted by molar-refractivity contribution is 0.102. The summed E-state index contributed by atoms with van der Waals surface area (Å²) in [5.41, 5.74) is 3.37. The van der Waals surface area contributed by atoms with Crippen LogP contribution in [-0.4, -0.2) is 31.3 Å². The fourth-order valence-corrected chi connectivity index (χ4v) is 3.47. The average molecular weight is 430 g/mol. The van der Waals surface area contributed by atoms with Gasteiger partial charge in [0.25, 0.3) is 5.91 Å². The molecule has 0 aliphatic rings. The number of pyridine rings is 1.